The number of hydrogen-bond acceptors (Lipinski definition) is 6. The van der Waals surface area contributed by atoms with Crippen molar-refractivity contribution in [3.05, 3.63) is 0 Å². The van der Waals surface area contributed by atoms with Crippen LogP contribution in [0.5, 0.6) is 0 Å². The Hall–Kier alpha value is -0.830. The van der Waals surface area contributed by atoms with Crippen LogP contribution in [0.25, 0.3) is 0 Å². The van der Waals surface area contributed by atoms with Gasteiger partial charge in [0, 0.05) is 5.75 Å². The van der Waals surface area contributed by atoms with Crippen LogP contribution < -0.4 is 22.1 Å². The zero-order valence-corrected chi connectivity index (χ0v) is 11.2. The fourth-order valence-corrected chi connectivity index (χ4v) is 1.55. The van der Waals surface area contributed by atoms with Gasteiger partial charge in [0.25, 0.3) is 0 Å². The second-order valence-electron chi connectivity index (χ2n) is 3.89. The van der Waals surface area contributed by atoms with Gasteiger partial charge >= 0.3 is 5.97 Å². The van der Waals surface area contributed by atoms with Crippen molar-refractivity contribution in [2.45, 2.75) is 31.3 Å². The summed E-state index contributed by atoms with van der Waals surface area (Å²) in [7, 11) is 0. The Kier molecular flexibility index (Phi) is 9.66. The minimum atomic E-state index is -1.01. The second kappa shape index (κ2) is 10.1. The van der Waals surface area contributed by atoms with Gasteiger partial charge in [-0.15, -0.1) is 0 Å². The van der Waals surface area contributed by atoms with E-state index in [-0.39, 0.29) is 18.3 Å². The number of thiol groups is 1. The van der Waals surface area contributed by atoms with Crippen LogP contribution >= 0.6 is 12.6 Å². The molecule has 0 radical (unpaired) electrons. The van der Waals surface area contributed by atoms with Gasteiger partial charge in [0.2, 0.25) is 5.91 Å². The van der Waals surface area contributed by atoms with Gasteiger partial charge in [-0.25, -0.2) is 0 Å². The van der Waals surface area contributed by atoms with Crippen LogP contribution in [-0.4, -0.2) is 48.0 Å². The molecule has 0 aliphatic carbocycles. The molecule has 1 amide bonds. The van der Waals surface area contributed by atoms with Gasteiger partial charge in [0.1, 0.15) is 6.04 Å². The number of nitrogens with one attached hydrogen (secondary N) is 2. The Morgan fingerprint density at radius 3 is 2.50 bits per heavy atom. The van der Waals surface area contributed by atoms with E-state index in [1.807, 2.05) is 0 Å². The number of carbonyl (C=O) groups is 2. The topological polar surface area (TPSA) is 130 Å². The largest absolute Gasteiger partial charge is 0.480 e. The number of hydrogen-bond donors (Lipinski definition) is 6. The van der Waals surface area contributed by atoms with Gasteiger partial charge in [-0.2, -0.15) is 12.6 Å². The summed E-state index contributed by atoms with van der Waals surface area (Å²) in [6, 6.07) is -1.38. The maximum Gasteiger partial charge on any atom is 0.321 e. The Balaban J connectivity index is 3.78. The second-order valence-corrected chi connectivity index (χ2v) is 4.25. The number of aliphatic carboxylic acids is 1. The van der Waals surface area contributed by atoms with E-state index >= 15 is 0 Å². The molecule has 0 aliphatic heterocycles. The fraction of sp³-hybridized carbons (Fsp3) is 0.800. The fourth-order valence-electron chi connectivity index (χ4n) is 1.26. The minimum absolute atomic E-state index is 0.0565. The summed E-state index contributed by atoms with van der Waals surface area (Å²) in [5.41, 5.74) is 11.0. The number of carbonyl (C=O) groups excluding carboxylic acids is 1. The average Bonchev–Trinajstić information content (AvgIpc) is 2.34. The molecule has 0 spiro atoms. The summed E-state index contributed by atoms with van der Waals surface area (Å²) >= 11 is 3.88. The van der Waals surface area contributed by atoms with Gasteiger partial charge in [0.05, 0.1) is 12.7 Å². The molecule has 0 aromatic rings. The van der Waals surface area contributed by atoms with Gasteiger partial charge in [0.15, 0.2) is 0 Å². The van der Waals surface area contributed by atoms with E-state index in [2.05, 4.69) is 23.3 Å². The lowest BCUT2D eigenvalue weighted by Crippen LogP contribution is -2.48. The molecular formula is C10H22N4O3S. The van der Waals surface area contributed by atoms with Gasteiger partial charge in [-0.05, 0) is 19.4 Å². The third-order valence-electron chi connectivity index (χ3n) is 2.40. The molecule has 7 nitrogen and oxygen atoms in total. The van der Waals surface area contributed by atoms with Crippen molar-refractivity contribution in [1.82, 2.24) is 10.6 Å². The lowest BCUT2D eigenvalue weighted by Gasteiger charge is -2.15. The van der Waals surface area contributed by atoms with E-state index in [1.54, 1.807) is 0 Å². The summed E-state index contributed by atoms with van der Waals surface area (Å²) in [5.74, 6) is -1.16. The first-order valence-corrected chi connectivity index (χ1v) is 6.46. The summed E-state index contributed by atoms with van der Waals surface area (Å²) in [6.07, 6.45) is 2.20. The molecule has 2 unspecified atom stereocenters. The number of unbranched alkanes of at least 4 members (excludes halogenated alkanes) is 1. The molecule has 106 valence electrons. The maximum absolute atomic E-state index is 11.5. The summed E-state index contributed by atoms with van der Waals surface area (Å²) in [5, 5.41) is 13.9. The third kappa shape index (κ3) is 7.49. The number of carboxylic acid groups (broad SMARTS) is 1. The Labute approximate surface area is 112 Å². The van der Waals surface area contributed by atoms with Crippen LogP contribution in [0.2, 0.25) is 0 Å². The van der Waals surface area contributed by atoms with Crippen molar-refractivity contribution in [3.8, 4) is 0 Å². The minimum Gasteiger partial charge on any atom is -0.480 e. The van der Waals surface area contributed by atoms with Crippen LogP contribution in [0, 0.1) is 0 Å². The van der Waals surface area contributed by atoms with Crippen LogP contribution in [-0.2, 0) is 9.59 Å². The van der Waals surface area contributed by atoms with Crippen LogP contribution in [0.3, 0.4) is 0 Å². The molecular weight excluding hydrogens is 256 g/mol. The molecule has 7 N–H and O–H groups in total. The van der Waals surface area contributed by atoms with Crippen molar-refractivity contribution in [1.29, 1.82) is 0 Å². The number of rotatable bonds is 10. The Morgan fingerprint density at radius 1 is 1.33 bits per heavy atom. The van der Waals surface area contributed by atoms with Crippen LogP contribution in [0.4, 0.5) is 0 Å². The standard InChI is InChI=1S/C10H22N4O3S/c11-4-2-1-3-7(12)9(15)14-6-13-8(5-18)10(16)17/h7-8,13,18H,1-6,11-12H2,(H,14,15)(H,16,17). The molecule has 0 rings (SSSR count). The molecule has 0 bridgehead atoms. The third-order valence-corrected chi connectivity index (χ3v) is 2.76. The summed E-state index contributed by atoms with van der Waals surface area (Å²) in [6.45, 7) is 0.638. The summed E-state index contributed by atoms with van der Waals surface area (Å²) in [4.78, 5) is 22.2. The molecule has 0 heterocycles. The quantitative estimate of drug-likeness (QED) is 0.164. The van der Waals surface area contributed by atoms with Gasteiger partial charge in [-0.3, -0.25) is 14.9 Å². The van der Waals surface area contributed by atoms with Gasteiger partial charge in [-0.1, -0.05) is 6.42 Å². The predicted molar refractivity (Wildman–Crippen MR) is 72.3 cm³/mol. The maximum atomic E-state index is 11.5. The molecule has 0 fully saturated rings. The first kappa shape index (κ1) is 17.2. The highest BCUT2D eigenvalue weighted by molar-refractivity contribution is 7.80. The lowest BCUT2D eigenvalue weighted by molar-refractivity contribution is -0.139. The normalized spacial score (nSPS) is 13.9. The van der Waals surface area contributed by atoms with Crippen molar-refractivity contribution < 1.29 is 14.7 Å². The van der Waals surface area contributed by atoms with Crippen LogP contribution in [0.1, 0.15) is 19.3 Å². The lowest BCUT2D eigenvalue weighted by atomic mass is 10.1. The predicted octanol–water partition coefficient (Wildman–Crippen LogP) is -1.51. The van der Waals surface area contributed by atoms with Crippen molar-refractivity contribution in [2.75, 3.05) is 19.0 Å². The van der Waals surface area contributed by atoms with Gasteiger partial charge < -0.3 is 21.9 Å². The molecule has 0 saturated carbocycles. The summed E-state index contributed by atoms with van der Waals surface area (Å²) < 4.78 is 0. The number of amides is 1. The Morgan fingerprint density at radius 2 is 2.00 bits per heavy atom. The van der Waals surface area contributed by atoms with E-state index in [9.17, 15) is 9.59 Å². The van der Waals surface area contributed by atoms with E-state index in [1.165, 1.54) is 0 Å². The molecule has 0 aliphatic rings. The van der Waals surface area contributed by atoms with E-state index in [4.69, 9.17) is 16.6 Å². The monoisotopic (exact) mass is 278 g/mol. The first-order chi connectivity index (χ1) is 8.52. The van der Waals surface area contributed by atoms with E-state index in [0.717, 1.165) is 12.8 Å². The van der Waals surface area contributed by atoms with Crippen molar-refractivity contribution in [2.24, 2.45) is 11.5 Å². The van der Waals surface area contributed by atoms with E-state index < -0.39 is 18.1 Å². The molecule has 0 aromatic heterocycles. The first-order valence-electron chi connectivity index (χ1n) is 5.83. The SMILES string of the molecule is NCCCCC(N)C(=O)NCNC(CS)C(=O)O. The molecule has 2 atom stereocenters. The highest BCUT2D eigenvalue weighted by Crippen LogP contribution is 1.97. The average molecular weight is 278 g/mol. The number of carboxylic acids is 1. The zero-order valence-electron chi connectivity index (χ0n) is 10.3. The highest BCUT2D eigenvalue weighted by atomic mass is 32.1. The van der Waals surface area contributed by atoms with E-state index in [0.29, 0.717) is 13.0 Å². The smallest absolute Gasteiger partial charge is 0.321 e. The van der Waals surface area contributed by atoms with Crippen LogP contribution in [0.15, 0.2) is 0 Å². The number of nitrogens with two attached hydrogens (primary N) is 2. The molecule has 0 aromatic carbocycles. The Bertz CT molecular complexity index is 266. The molecule has 8 heteroatoms. The van der Waals surface area contributed by atoms with Crippen molar-refractivity contribution in [3.63, 3.8) is 0 Å². The molecule has 18 heavy (non-hydrogen) atoms. The molecule has 0 saturated heterocycles. The highest BCUT2D eigenvalue weighted by Gasteiger charge is 2.16. The zero-order chi connectivity index (χ0) is 14.0. The van der Waals surface area contributed by atoms with Crippen molar-refractivity contribution >= 4 is 24.5 Å².